The first kappa shape index (κ1) is 16.7. The smallest absolute Gasteiger partial charge is 0.282 e. The Balaban J connectivity index is 1.51. The summed E-state index contributed by atoms with van der Waals surface area (Å²) in [5.41, 5.74) is 0.785. The molecule has 10 heteroatoms. The van der Waals surface area contributed by atoms with Gasteiger partial charge < -0.3 is 14.6 Å². The van der Waals surface area contributed by atoms with Gasteiger partial charge in [-0.15, -0.1) is 0 Å². The highest BCUT2D eigenvalue weighted by Gasteiger charge is 2.38. The van der Waals surface area contributed by atoms with Crippen LogP contribution in [-0.4, -0.2) is 84.5 Å². The maximum atomic E-state index is 12.8. The van der Waals surface area contributed by atoms with Crippen LogP contribution in [0.5, 0.6) is 0 Å². The Kier molecular flexibility index (Phi) is 4.36. The van der Waals surface area contributed by atoms with Gasteiger partial charge in [0.2, 0.25) is 0 Å². The summed E-state index contributed by atoms with van der Waals surface area (Å²) in [5, 5.41) is 0.944. The van der Waals surface area contributed by atoms with E-state index in [4.69, 9.17) is 4.74 Å². The van der Waals surface area contributed by atoms with Gasteiger partial charge in [0.05, 0.1) is 18.6 Å². The highest BCUT2D eigenvalue weighted by Crippen LogP contribution is 2.27. The van der Waals surface area contributed by atoms with Gasteiger partial charge in [0, 0.05) is 45.5 Å². The third-order valence-corrected chi connectivity index (χ3v) is 6.97. The quantitative estimate of drug-likeness (QED) is 0.821. The number of rotatable bonds is 4. The molecule has 1 unspecified atom stereocenters. The Morgan fingerprint density at radius 1 is 1.24 bits per heavy atom. The van der Waals surface area contributed by atoms with Crippen molar-refractivity contribution in [2.45, 2.75) is 12.5 Å². The number of morpholine rings is 1. The van der Waals surface area contributed by atoms with Crippen molar-refractivity contribution < 1.29 is 13.2 Å². The van der Waals surface area contributed by atoms with Gasteiger partial charge in [0.15, 0.2) is 0 Å². The van der Waals surface area contributed by atoms with E-state index in [2.05, 4.69) is 19.9 Å². The van der Waals surface area contributed by atoms with Gasteiger partial charge in [-0.2, -0.15) is 17.0 Å². The normalized spacial score (nSPS) is 23.3. The minimum absolute atomic E-state index is 0.0869. The maximum absolute atomic E-state index is 12.8. The van der Waals surface area contributed by atoms with Gasteiger partial charge in [-0.25, -0.2) is 9.97 Å². The lowest BCUT2D eigenvalue weighted by atomic mass is 10.2. The zero-order valence-corrected chi connectivity index (χ0v) is 14.9. The molecule has 9 nitrogen and oxygen atoms in total. The van der Waals surface area contributed by atoms with E-state index in [0.717, 1.165) is 23.3 Å². The van der Waals surface area contributed by atoms with Crippen molar-refractivity contribution in [2.75, 3.05) is 51.3 Å². The van der Waals surface area contributed by atoms with Crippen LogP contribution in [0.2, 0.25) is 0 Å². The lowest BCUT2D eigenvalue weighted by molar-refractivity contribution is 0.0706. The molecule has 0 aliphatic carbocycles. The van der Waals surface area contributed by atoms with Crippen molar-refractivity contribution in [3.63, 3.8) is 0 Å². The number of aromatic nitrogens is 3. The van der Waals surface area contributed by atoms with Crippen LogP contribution in [0, 0.1) is 0 Å². The zero-order valence-electron chi connectivity index (χ0n) is 14.1. The minimum atomic E-state index is -3.42. The van der Waals surface area contributed by atoms with Crippen LogP contribution in [0.3, 0.4) is 0 Å². The molecule has 25 heavy (non-hydrogen) atoms. The summed E-state index contributed by atoms with van der Waals surface area (Å²) < 4.78 is 34.0. The van der Waals surface area contributed by atoms with Gasteiger partial charge in [-0.1, -0.05) is 0 Å². The molecule has 2 aliphatic heterocycles. The number of nitrogens with one attached hydrogen (secondary N) is 1. The van der Waals surface area contributed by atoms with Crippen molar-refractivity contribution in [3.8, 4) is 0 Å². The predicted molar refractivity (Wildman–Crippen MR) is 93.6 cm³/mol. The van der Waals surface area contributed by atoms with Crippen molar-refractivity contribution in [2.24, 2.45) is 0 Å². The summed E-state index contributed by atoms with van der Waals surface area (Å²) in [6.45, 7) is 2.76. The van der Waals surface area contributed by atoms with Gasteiger partial charge in [-0.3, -0.25) is 0 Å². The summed E-state index contributed by atoms with van der Waals surface area (Å²) in [6.07, 6.45) is 4.14. The average Bonchev–Trinajstić information content (AvgIpc) is 3.31. The Hall–Kier alpha value is -1.75. The number of fused-ring (bicyclic) bond motifs is 1. The van der Waals surface area contributed by atoms with Crippen molar-refractivity contribution in [1.82, 2.24) is 23.6 Å². The molecule has 0 saturated carbocycles. The molecule has 0 bridgehead atoms. The topological polar surface area (TPSA) is 94.7 Å². The molecule has 4 heterocycles. The number of likely N-dealkylation sites (N-methyl/N-ethyl adjacent to an activating group) is 1. The monoisotopic (exact) mass is 366 g/mol. The Morgan fingerprint density at radius 3 is 2.84 bits per heavy atom. The van der Waals surface area contributed by atoms with Crippen molar-refractivity contribution in [3.05, 3.63) is 18.6 Å². The number of aromatic amines is 1. The van der Waals surface area contributed by atoms with Crippen LogP contribution >= 0.6 is 0 Å². The molecule has 2 aromatic heterocycles. The van der Waals surface area contributed by atoms with Crippen LogP contribution in [0.1, 0.15) is 6.42 Å². The van der Waals surface area contributed by atoms with E-state index in [1.54, 1.807) is 4.31 Å². The largest absolute Gasteiger partial charge is 0.379 e. The number of hydrogen-bond donors (Lipinski definition) is 1. The number of ether oxygens (including phenoxy) is 1. The van der Waals surface area contributed by atoms with Crippen LogP contribution < -0.4 is 4.90 Å². The second-order valence-corrected chi connectivity index (χ2v) is 8.30. The fraction of sp³-hybridized carbons (Fsp3) is 0.600. The van der Waals surface area contributed by atoms with E-state index in [1.165, 1.54) is 10.6 Å². The van der Waals surface area contributed by atoms with Crippen LogP contribution in [-0.2, 0) is 14.9 Å². The predicted octanol–water partition coefficient (Wildman–Crippen LogP) is 0.0454. The third kappa shape index (κ3) is 2.99. The van der Waals surface area contributed by atoms with Gasteiger partial charge >= 0.3 is 0 Å². The zero-order chi connectivity index (χ0) is 17.4. The number of hydrogen-bond acceptors (Lipinski definition) is 6. The summed E-state index contributed by atoms with van der Waals surface area (Å²) in [6, 6.07) is 2.03. The van der Waals surface area contributed by atoms with E-state index in [1.807, 2.05) is 19.3 Å². The van der Waals surface area contributed by atoms with Gasteiger partial charge in [0.1, 0.15) is 17.8 Å². The van der Waals surface area contributed by atoms with Gasteiger partial charge in [0.25, 0.3) is 10.2 Å². The average molecular weight is 366 g/mol. The first-order valence-corrected chi connectivity index (χ1v) is 9.81. The van der Waals surface area contributed by atoms with E-state index >= 15 is 0 Å². The highest BCUT2D eigenvalue weighted by molar-refractivity contribution is 7.86. The molecule has 1 N–H and O–H groups in total. The molecule has 0 spiro atoms. The van der Waals surface area contributed by atoms with Crippen LogP contribution in [0.25, 0.3) is 11.0 Å². The number of anilines is 1. The lowest BCUT2D eigenvalue weighted by Gasteiger charge is -2.31. The van der Waals surface area contributed by atoms with E-state index in [9.17, 15) is 8.42 Å². The van der Waals surface area contributed by atoms with E-state index in [0.29, 0.717) is 39.4 Å². The number of nitrogens with zero attached hydrogens (tertiary/aromatic N) is 5. The standard InChI is InChI=1S/C15H22N6O3S/c1-19(15-13-2-4-16-14(13)17-11-18-15)12-3-5-21(10-12)25(22,23)20-6-8-24-9-7-20/h2,4,11-12H,3,5-10H2,1H3,(H,16,17,18). The van der Waals surface area contributed by atoms with E-state index < -0.39 is 10.2 Å². The fourth-order valence-electron chi connectivity index (χ4n) is 3.49. The summed E-state index contributed by atoms with van der Waals surface area (Å²) >= 11 is 0. The summed E-state index contributed by atoms with van der Waals surface area (Å²) in [7, 11) is -1.46. The first-order valence-electron chi connectivity index (χ1n) is 8.41. The molecule has 2 saturated heterocycles. The van der Waals surface area contributed by atoms with Crippen LogP contribution in [0.15, 0.2) is 18.6 Å². The Labute approximate surface area is 146 Å². The molecule has 2 fully saturated rings. The van der Waals surface area contributed by atoms with Crippen molar-refractivity contribution in [1.29, 1.82) is 0 Å². The molecule has 0 radical (unpaired) electrons. The summed E-state index contributed by atoms with van der Waals surface area (Å²) in [4.78, 5) is 13.7. The maximum Gasteiger partial charge on any atom is 0.282 e. The molecule has 4 rings (SSSR count). The molecular weight excluding hydrogens is 344 g/mol. The minimum Gasteiger partial charge on any atom is -0.379 e. The highest BCUT2D eigenvalue weighted by atomic mass is 32.2. The summed E-state index contributed by atoms with van der Waals surface area (Å²) in [5.74, 6) is 0.821. The molecule has 0 aromatic carbocycles. The van der Waals surface area contributed by atoms with Crippen molar-refractivity contribution >= 4 is 27.1 Å². The second-order valence-electron chi connectivity index (χ2n) is 6.37. The molecule has 2 aromatic rings. The SMILES string of the molecule is CN(c1ncnc2[nH]ccc12)C1CCN(S(=O)(=O)N2CCOCC2)C1. The molecular formula is C15H22N6O3S. The second kappa shape index (κ2) is 6.52. The van der Waals surface area contributed by atoms with Gasteiger partial charge in [-0.05, 0) is 12.5 Å². The molecule has 0 amide bonds. The first-order chi connectivity index (χ1) is 12.1. The number of H-pyrrole nitrogens is 1. The van der Waals surface area contributed by atoms with E-state index in [-0.39, 0.29) is 6.04 Å². The fourth-order valence-corrected chi connectivity index (χ4v) is 5.12. The molecule has 2 aliphatic rings. The molecule has 136 valence electrons. The third-order valence-electron chi connectivity index (χ3n) is 4.96. The van der Waals surface area contributed by atoms with Crippen LogP contribution in [0.4, 0.5) is 5.82 Å². The Morgan fingerprint density at radius 2 is 2.04 bits per heavy atom. The lowest BCUT2D eigenvalue weighted by Crippen LogP contribution is -2.48. The Bertz CT molecular complexity index is 848. The molecule has 1 atom stereocenters.